The number of benzene rings is 1. The zero-order chi connectivity index (χ0) is 24.3. The Hall–Kier alpha value is -3.14. The molecule has 2 aliphatic heterocycles. The van der Waals surface area contributed by atoms with Gasteiger partial charge in [-0.1, -0.05) is 6.07 Å². The number of nitrogens with one attached hydrogen (secondary N) is 2. The van der Waals surface area contributed by atoms with E-state index in [1.165, 1.54) is 4.90 Å². The molecule has 0 unspecified atom stereocenters. The van der Waals surface area contributed by atoms with E-state index in [2.05, 4.69) is 15.5 Å². The Labute approximate surface area is 194 Å². The Morgan fingerprint density at radius 2 is 1.82 bits per heavy atom. The lowest BCUT2D eigenvalue weighted by molar-refractivity contribution is -0.120. The molecule has 0 spiro atoms. The highest BCUT2D eigenvalue weighted by Crippen LogP contribution is 2.22. The van der Waals surface area contributed by atoms with Crippen molar-refractivity contribution in [1.82, 2.24) is 15.1 Å². The molecule has 10 heteroatoms. The summed E-state index contributed by atoms with van der Waals surface area (Å²) >= 11 is 0. The summed E-state index contributed by atoms with van der Waals surface area (Å²) in [5.74, 6) is -0.481. The van der Waals surface area contributed by atoms with Gasteiger partial charge in [0, 0.05) is 49.5 Å². The number of carbonyl (C=O) groups is 4. The highest BCUT2D eigenvalue weighted by molar-refractivity contribution is 6.06. The summed E-state index contributed by atoms with van der Waals surface area (Å²) in [7, 11) is 0. The third-order valence-electron chi connectivity index (χ3n) is 5.57. The van der Waals surface area contributed by atoms with Gasteiger partial charge in [-0.15, -0.1) is 0 Å². The Kier molecular flexibility index (Phi) is 7.26. The van der Waals surface area contributed by atoms with Crippen molar-refractivity contribution < 1.29 is 23.9 Å². The number of anilines is 2. The molecule has 2 N–H and O–H groups in total. The Balaban J connectivity index is 1.58. The van der Waals surface area contributed by atoms with E-state index in [1.54, 1.807) is 29.2 Å². The molecule has 5 amide bonds. The Morgan fingerprint density at radius 3 is 2.42 bits per heavy atom. The van der Waals surface area contributed by atoms with Crippen molar-refractivity contribution >= 4 is 35.3 Å². The van der Waals surface area contributed by atoms with Crippen molar-refractivity contribution in [2.45, 2.75) is 58.7 Å². The molecule has 1 aromatic carbocycles. The summed E-state index contributed by atoms with van der Waals surface area (Å²) in [5.41, 5.74) is 0.611. The van der Waals surface area contributed by atoms with Gasteiger partial charge in [0.05, 0.1) is 6.54 Å². The molecular weight excluding hydrogens is 426 g/mol. The monoisotopic (exact) mass is 459 g/mol. The molecule has 180 valence electrons. The maximum Gasteiger partial charge on any atom is 0.410 e. The summed E-state index contributed by atoms with van der Waals surface area (Å²) < 4.78 is 5.48. The van der Waals surface area contributed by atoms with E-state index in [-0.39, 0.29) is 43.0 Å². The highest BCUT2D eigenvalue weighted by atomic mass is 16.6. The lowest BCUT2D eigenvalue weighted by atomic mass is 10.1. The summed E-state index contributed by atoms with van der Waals surface area (Å²) in [6.45, 7) is 10.9. The van der Waals surface area contributed by atoms with Crippen LogP contribution in [0, 0.1) is 0 Å². The molecule has 0 radical (unpaired) electrons. The van der Waals surface area contributed by atoms with Crippen LogP contribution in [0.5, 0.6) is 0 Å². The van der Waals surface area contributed by atoms with Crippen LogP contribution in [0.15, 0.2) is 24.3 Å². The van der Waals surface area contributed by atoms with Gasteiger partial charge in [0.15, 0.2) is 0 Å². The second-order valence-corrected chi connectivity index (χ2v) is 9.61. The highest BCUT2D eigenvalue weighted by Gasteiger charge is 2.34. The number of piperazine rings is 1. The van der Waals surface area contributed by atoms with Crippen molar-refractivity contribution in [3.05, 3.63) is 24.3 Å². The second kappa shape index (κ2) is 9.78. The normalized spacial score (nSPS) is 22.1. The minimum Gasteiger partial charge on any atom is -0.444 e. The van der Waals surface area contributed by atoms with E-state index in [1.807, 2.05) is 34.6 Å². The maximum atomic E-state index is 12.8. The van der Waals surface area contributed by atoms with Crippen LogP contribution in [0.4, 0.5) is 21.0 Å². The molecule has 0 aliphatic carbocycles. The first kappa shape index (κ1) is 24.5. The molecule has 10 nitrogen and oxygen atoms in total. The van der Waals surface area contributed by atoms with Crippen LogP contribution >= 0.6 is 0 Å². The molecule has 0 saturated carbocycles. The number of imide groups is 1. The number of rotatable bonds is 4. The molecule has 2 fully saturated rings. The summed E-state index contributed by atoms with van der Waals surface area (Å²) in [6.07, 6.45) is -0.113. The van der Waals surface area contributed by atoms with Crippen molar-refractivity contribution in [2.75, 3.05) is 36.4 Å². The van der Waals surface area contributed by atoms with E-state index in [0.717, 1.165) is 0 Å². The van der Waals surface area contributed by atoms with Gasteiger partial charge in [-0.2, -0.15) is 0 Å². The van der Waals surface area contributed by atoms with Gasteiger partial charge in [0.1, 0.15) is 5.60 Å². The minimum absolute atomic E-state index is 0.0204. The number of hydrogen-bond donors (Lipinski definition) is 2. The molecule has 0 aromatic heterocycles. The second-order valence-electron chi connectivity index (χ2n) is 9.61. The molecule has 33 heavy (non-hydrogen) atoms. The predicted molar refractivity (Wildman–Crippen MR) is 124 cm³/mol. The number of urea groups is 1. The van der Waals surface area contributed by atoms with Crippen molar-refractivity contribution in [3.8, 4) is 0 Å². The smallest absolute Gasteiger partial charge is 0.410 e. The zero-order valence-electron chi connectivity index (χ0n) is 19.9. The van der Waals surface area contributed by atoms with Crippen LogP contribution in [0.2, 0.25) is 0 Å². The van der Waals surface area contributed by atoms with Gasteiger partial charge >= 0.3 is 12.1 Å². The number of carbonyl (C=O) groups excluding carboxylic acids is 4. The average molecular weight is 460 g/mol. The van der Waals surface area contributed by atoms with E-state index >= 15 is 0 Å². The van der Waals surface area contributed by atoms with Crippen LogP contribution in [0.3, 0.4) is 0 Å². The van der Waals surface area contributed by atoms with Gasteiger partial charge in [-0.05, 0) is 52.8 Å². The molecule has 2 saturated heterocycles. The van der Waals surface area contributed by atoms with Gasteiger partial charge in [-0.25, -0.2) is 9.59 Å². The standard InChI is InChI=1S/C23H33N5O5/c1-15-12-26(22(32)33-23(3,4)5)13-16(2)28(15)14-20(30)24-17-7-6-8-18(11-17)27-10-9-19(29)25-21(27)31/h6-8,11,15-16H,9-10,12-14H2,1-5H3,(H,24,30)(H,25,29,31)/t15-,16+. The lowest BCUT2D eigenvalue weighted by Gasteiger charge is -2.44. The van der Waals surface area contributed by atoms with Crippen LogP contribution in [0.25, 0.3) is 0 Å². The largest absolute Gasteiger partial charge is 0.444 e. The van der Waals surface area contributed by atoms with Crippen molar-refractivity contribution in [1.29, 1.82) is 0 Å². The predicted octanol–water partition coefficient (Wildman–Crippen LogP) is 2.40. The fourth-order valence-corrected chi connectivity index (χ4v) is 4.07. The van der Waals surface area contributed by atoms with Crippen LogP contribution in [0.1, 0.15) is 41.0 Å². The van der Waals surface area contributed by atoms with E-state index in [9.17, 15) is 19.2 Å². The number of ether oxygens (including phenoxy) is 1. The van der Waals surface area contributed by atoms with Gasteiger partial charge < -0.3 is 15.0 Å². The number of nitrogens with zero attached hydrogens (tertiary/aromatic N) is 3. The summed E-state index contributed by atoms with van der Waals surface area (Å²) in [4.78, 5) is 53.9. The van der Waals surface area contributed by atoms with Crippen LogP contribution in [-0.4, -0.2) is 77.6 Å². The number of hydrogen-bond acceptors (Lipinski definition) is 6. The number of amides is 5. The van der Waals surface area contributed by atoms with Crippen LogP contribution < -0.4 is 15.5 Å². The topological polar surface area (TPSA) is 111 Å². The third-order valence-corrected chi connectivity index (χ3v) is 5.57. The van der Waals surface area contributed by atoms with E-state index < -0.39 is 11.6 Å². The fraction of sp³-hybridized carbons (Fsp3) is 0.565. The van der Waals surface area contributed by atoms with Crippen molar-refractivity contribution in [3.63, 3.8) is 0 Å². The first-order valence-electron chi connectivity index (χ1n) is 11.2. The fourth-order valence-electron chi connectivity index (χ4n) is 4.07. The van der Waals surface area contributed by atoms with E-state index in [4.69, 9.17) is 4.74 Å². The molecule has 1 aromatic rings. The Morgan fingerprint density at radius 1 is 1.15 bits per heavy atom. The van der Waals surface area contributed by atoms with E-state index in [0.29, 0.717) is 31.0 Å². The molecule has 3 rings (SSSR count). The molecule has 2 aliphatic rings. The molecular formula is C23H33N5O5. The Bertz CT molecular complexity index is 916. The lowest BCUT2D eigenvalue weighted by Crippen LogP contribution is -2.59. The molecule has 2 heterocycles. The maximum absolute atomic E-state index is 12.8. The SMILES string of the molecule is C[C@@H]1CN(C(=O)OC(C)(C)C)C[C@H](C)N1CC(=O)Nc1cccc(N2CCC(=O)NC2=O)c1. The quantitative estimate of drug-likeness (QED) is 0.715. The first-order valence-corrected chi connectivity index (χ1v) is 11.2. The van der Waals surface area contributed by atoms with Crippen molar-refractivity contribution in [2.24, 2.45) is 0 Å². The first-order chi connectivity index (χ1) is 15.4. The zero-order valence-corrected chi connectivity index (χ0v) is 19.9. The minimum atomic E-state index is -0.556. The van der Waals surface area contributed by atoms with Gasteiger partial charge in [0.2, 0.25) is 11.8 Å². The van der Waals surface area contributed by atoms with Gasteiger partial charge in [-0.3, -0.25) is 24.7 Å². The molecule has 0 bridgehead atoms. The van der Waals surface area contributed by atoms with Crippen LogP contribution in [-0.2, 0) is 14.3 Å². The van der Waals surface area contributed by atoms with Gasteiger partial charge in [0.25, 0.3) is 0 Å². The third kappa shape index (κ3) is 6.44. The average Bonchev–Trinajstić information content (AvgIpc) is 2.69. The summed E-state index contributed by atoms with van der Waals surface area (Å²) in [5, 5.41) is 5.18. The summed E-state index contributed by atoms with van der Waals surface area (Å²) in [6, 6.07) is 6.45. The molecule has 2 atom stereocenters.